The van der Waals surface area contributed by atoms with Gasteiger partial charge >= 0.3 is 0 Å². The molecule has 0 aliphatic heterocycles. The van der Waals surface area contributed by atoms with E-state index >= 15 is 0 Å². The van der Waals surface area contributed by atoms with Gasteiger partial charge < -0.3 is 15.7 Å². The molecule has 0 saturated heterocycles. The second kappa shape index (κ2) is 9.44. The number of carbonyl (C=O) groups is 1. The first-order valence-electron chi connectivity index (χ1n) is 5.23. The van der Waals surface area contributed by atoms with Crippen molar-refractivity contribution in [2.75, 3.05) is 19.6 Å². The van der Waals surface area contributed by atoms with Crippen molar-refractivity contribution in [3.05, 3.63) is 0 Å². The summed E-state index contributed by atoms with van der Waals surface area (Å²) in [6.45, 7) is 3.18. The highest BCUT2D eigenvalue weighted by Crippen LogP contribution is 1.93. The summed E-state index contributed by atoms with van der Waals surface area (Å²) in [6.07, 6.45) is 1.43. The Morgan fingerprint density at radius 2 is 2.27 bits per heavy atom. The molecule has 5 heteroatoms. The Labute approximate surface area is 90.5 Å². The quantitative estimate of drug-likeness (QED) is 0.486. The van der Waals surface area contributed by atoms with E-state index in [1.807, 2.05) is 13.0 Å². The normalized spacial score (nSPS) is 11.8. The fraction of sp³-hybridized carbons (Fsp3) is 0.800. The third kappa shape index (κ3) is 9.19. The molecule has 0 aromatic heterocycles. The van der Waals surface area contributed by atoms with Crippen LogP contribution in [0.2, 0.25) is 0 Å². The van der Waals surface area contributed by atoms with Gasteiger partial charge in [0.25, 0.3) is 0 Å². The van der Waals surface area contributed by atoms with Gasteiger partial charge in [-0.25, -0.2) is 0 Å². The van der Waals surface area contributed by atoms with Crippen LogP contribution < -0.4 is 10.6 Å². The largest absolute Gasteiger partial charge is 0.393 e. The zero-order valence-corrected chi connectivity index (χ0v) is 9.12. The molecule has 0 aliphatic carbocycles. The minimum atomic E-state index is -0.292. The molecule has 1 atom stereocenters. The number of hydrogen-bond donors (Lipinski definition) is 3. The topological polar surface area (TPSA) is 85.2 Å². The van der Waals surface area contributed by atoms with Crippen molar-refractivity contribution < 1.29 is 9.90 Å². The number of aliphatic hydroxyl groups is 1. The van der Waals surface area contributed by atoms with Gasteiger partial charge in [0.2, 0.25) is 5.91 Å². The Morgan fingerprint density at radius 3 is 2.87 bits per heavy atom. The monoisotopic (exact) mass is 213 g/mol. The number of hydrogen-bond acceptors (Lipinski definition) is 4. The number of nitrogens with zero attached hydrogens (tertiary/aromatic N) is 1. The highest BCUT2D eigenvalue weighted by atomic mass is 16.3. The van der Waals surface area contributed by atoms with E-state index in [1.54, 1.807) is 0 Å². The van der Waals surface area contributed by atoms with Crippen LogP contribution in [0.3, 0.4) is 0 Å². The predicted molar refractivity (Wildman–Crippen MR) is 57.0 cm³/mol. The molecule has 0 heterocycles. The van der Waals surface area contributed by atoms with Crippen molar-refractivity contribution in [2.45, 2.75) is 32.3 Å². The van der Waals surface area contributed by atoms with Crippen LogP contribution >= 0.6 is 0 Å². The molecule has 0 saturated carbocycles. The molecular weight excluding hydrogens is 194 g/mol. The van der Waals surface area contributed by atoms with Gasteiger partial charge in [-0.3, -0.25) is 4.79 Å². The molecule has 1 amide bonds. The van der Waals surface area contributed by atoms with Gasteiger partial charge in [0.15, 0.2) is 0 Å². The number of carbonyl (C=O) groups excluding carboxylic acids is 1. The molecule has 0 fully saturated rings. The zero-order chi connectivity index (χ0) is 11.5. The summed E-state index contributed by atoms with van der Waals surface area (Å²) in [7, 11) is 0. The molecule has 0 aromatic rings. The lowest BCUT2D eigenvalue weighted by atomic mass is 10.2. The van der Waals surface area contributed by atoms with E-state index in [4.69, 9.17) is 5.26 Å². The van der Waals surface area contributed by atoms with E-state index < -0.39 is 0 Å². The van der Waals surface area contributed by atoms with Gasteiger partial charge in [0.05, 0.1) is 25.1 Å². The van der Waals surface area contributed by atoms with Crippen LogP contribution in [-0.4, -0.2) is 36.8 Å². The van der Waals surface area contributed by atoms with Crippen LogP contribution in [-0.2, 0) is 4.79 Å². The van der Waals surface area contributed by atoms with Gasteiger partial charge in [-0.2, -0.15) is 5.26 Å². The van der Waals surface area contributed by atoms with Crippen LogP contribution in [0.4, 0.5) is 0 Å². The first-order valence-corrected chi connectivity index (χ1v) is 5.23. The minimum absolute atomic E-state index is 0.115. The highest BCUT2D eigenvalue weighted by Gasteiger charge is 2.01. The van der Waals surface area contributed by atoms with Gasteiger partial charge in [0.1, 0.15) is 0 Å². The fourth-order valence-corrected chi connectivity index (χ4v) is 0.995. The lowest BCUT2D eigenvalue weighted by molar-refractivity contribution is -0.120. The van der Waals surface area contributed by atoms with E-state index in [2.05, 4.69) is 10.6 Å². The second-order valence-electron chi connectivity index (χ2n) is 3.29. The van der Waals surface area contributed by atoms with Crippen molar-refractivity contribution in [3.63, 3.8) is 0 Å². The van der Waals surface area contributed by atoms with Gasteiger partial charge in [-0.05, 0) is 19.4 Å². The number of rotatable bonds is 8. The van der Waals surface area contributed by atoms with Crippen molar-refractivity contribution in [2.24, 2.45) is 0 Å². The number of nitrogens with one attached hydrogen (secondary N) is 2. The maximum Gasteiger partial charge on any atom is 0.233 e. The van der Waals surface area contributed by atoms with Gasteiger partial charge in [0, 0.05) is 6.54 Å². The van der Waals surface area contributed by atoms with Crippen LogP contribution in [0.5, 0.6) is 0 Å². The molecule has 1 unspecified atom stereocenters. The van der Waals surface area contributed by atoms with E-state index in [1.165, 1.54) is 0 Å². The highest BCUT2D eigenvalue weighted by molar-refractivity contribution is 5.77. The van der Waals surface area contributed by atoms with E-state index in [9.17, 15) is 9.90 Å². The third-order valence-electron chi connectivity index (χ3n) is 1.97. The molecule has 15 heavy (non-hydrogen) atoms. The van der Waals surface area contributed by atoms with Crippen molar-refractivity contribution in [1.29, 1.82) is 5.26 Å². The molecule has 0 spiro atoms. The summed E-state index contributed by atoms with van der Waals surface area (Å²) in [6, 6.07) is 1.94. The maximum absolute atomic E-state index is 11.1. The van der Waals surface area contributed by atoms with Crippen LogP contribution in [0.25, 0.3) is 0 Å². The Morgan fingerprint density at radius 1 is 1.53 bits per heavy atom. The molecule has 0 aromatic carbocycles. The lowest BCUT2D eigenvalue weighted by Gasteiger charge is -2.08. The smallest absolute Gasteiger partial charge is 0.233 e. The average molecular weight is 213 g/mol. The Kier molecular flexibility index (Phi) is 8.73. The molecule has 0 aliphatic rings. The lowest BCUT2D eigenvalue weighted by Crippen LogP contribution is -2.35. The molecule has 86 valence electrons. The Balaban J connectivity index is 3.28. The van der Waals surface area contributed by atoms with Crippen molar-refractivity contribution in [3.8, 4) is 6.07 Å². The summed E-state index contributed by atoms with van der Waals surface area (Å²) in [5, 5.41) is 23.0. The first kappa shape index (κ1) is 13.9. The third-order valence-corrected chi connectivity index (χ3v) is 1.97. The van der Waals surface area contributed by atoms with E-state index in [0.29, 0.717) is 25.9 Å². The molecule has 0 rings (SSSR count). The Bertz CT molecular complexity index is 213. The summed E-state index contributed by atoms with van der Waals surface area (Å²) in [5.74, 6) is -0.115. The van der Waals surface area contributed by atoms with Crippen molar-refractivity contribution in [1.82, 2.24) is 10.6 Å². The first-order chi connectivity index (χ1) is 7.20. The van der Waals surface area contributed by atoms with Crippen LogP contribution in [0, 0.1) is 11.3 Å². The number of aliphatic hydroxyl groups excluding tert-OH is 1. The van der Waals surface area contributed by atoms with E-state index in [0.717, 1.165) is 6.42 Å². The minimum Gasteiger partial charge on any atom is -0.393 e. The standard InChI is InChI=1S/C10H19N3O2/c1-2-9(14)4-7-12-8-10(15)13-6-3-5-11/h9,12,14H,2-4,6-8H2,1H3,(H,13,15). The number of nitriles is 1. The van der Waals surface area contributed by atoms with Gasteiger partial charge in [-0.1, -0.05) is 6.92 Å². The summed E-state index contributed by atoms with van der Waals surface area (Å²) < 4.78 is 0. The number of amides is 1. The zero-order valence-electron chi connectivity index (χ0n) is 9.12. The molecule has 3 N–H and O–H groups in total. The van der Waals surface area contributed by atoms with E-state index in [-0.39, 0.29) is 18.6 Å². The van der Waals surface area contributed by atoms with Crippen LogP contribution in [0.15, 0.2) is 0 Å². The summed E-state index contributed by atoms with van der Waals surface area (Å²) >= 11 is 0. The molecule has 0 radical (unpaired) electrons. The summed E-state index contributed by atoms with van der Waals surface area (Å²) in [4.78, 5) is 11.1. The molecule has 5 nitrogen and oxygen atoms in total. The average Bonchev–Trinajstić information content (AvgIpc) is 2.24. The fourth-order valence-electron chi connectivity index (χ4n) is 0.995. The molecule has 0 bridgehead atoms. The second-order valence-corrected chi connectivity index (χ2v) is 3.29. The summed E-state index contributed by atoms with van der Waals surface area (Å²) in [5.41, 5.74) is 0. The maximum atomic E-state index is 11.1. The van der Waals surface area contributed by atoms with Crippen molar-refractivity contribution >= 4 is 5.91 Å². The van der Waals surface area contributed by atoms with Crippen LogP contribution in [0.1, 0.15) is 26.2 Å². The van der Waals surface area contributed by atoms with Gasteiger partial charge in [-0.15, -0.1) is 0 Å². The SMILES string of the molecule is CCC(O)CCNCC(=O)NCCC#N. The Hall–Kier alpha value is -1.12. The predicted octanol–water partition coefficient (Wildman–Crippen LogP) is -0.233. The molecular formula is C10H19N3O2.